The average molecular weight is 311 g/mol. The smallest absolute Gasteiger partial charge is 0.343 e. The monoisotopic (exact) mass is 311 g/mol. The van der Waals surface area contributed by atoms with E-state index in [0.29, 0.717) is 5.65 Å². The maximum atomic E-state index is 12.3. The van der Waals surface area contributed by atoms with Gasteiger partial charge in [-0.15, -0.1) is 5.10 Å². The summed E-state index contributed by atoms with van der Waals surface area (Å²) in [5, 5.41) is 11.5. The van der Waals surface area contributed by atoms with E-state index < -0.39 is 17.9 Å². The van der Waals surface area contributed by atoms with Crippen molar-refractivity contribution in [2.24, 2.45) is 0 Å². The van der Waals surface area contributed by atoms with Crippen LogP contribution in [0.25, 0.3) is 5.65 Å². The van der Waals surface area contributed by atoms with Gasteiger partial charge in [0.05, 0.1) is 12.7 Å². The van der Waals surface area contributed by atoms with Crippen LogP contribution in [0.3, 0.4) is 0 Å². The normalized spacial score (nSPS) is 11.8. The minimum Gasteiger partial charge on any atom is -0.343 e. The zero-order valence-electron chi connectivity index (χ0n) is 10.8. The highest BCUT2D eigenvalue weighted by molar-refractivity contribution is 5.92. The van der Waals surface area contributed by atoms with Crippen LogP contribution in [0.2, 0.25) is 0 Å². The lowest BCUT2D eigenvalue weighted by Crippen LogP contribution is -2.25. The molecule has 0 aliphatic heterocycles. The van der Waals surface area contributed by atoms with Gasteiger partial charge < -0.3 is 5.32 Å². The number of amides is 1. The van der Waals surface area contributed by atoms with E-state index in [2.05, 4.69) is 30.6 Å². The molecule has 11 heteroatoms. The van der Waals surface area contributed by atoms with E-state index >= 15 is 0 Å². The largest absolute Gasteiger partial charge is 0.453 e. The van der Waals surface area contributed by atoms with Gasteiger partial charge >= 0.3 is 6.18 Å². The quantitative estimate of drug-likeness (QED) is 0.745. The van der Waals surface area contributed by atoms with Crippen LogP contribution in [0.15, 0.2) is 24.5 Å². The Hall–Kier alpha value is -2.98. The van der Waals surface area contributed by atoms with Gasteiger partial charge in [0.25, 0.3) is 11.7 Å². The predicted molar refractivity (Wildman–Crippen MR) is 65.5 cm³/mol. The Labute approximate surface area is 120 Å². The third kappa shape index (κ3) is 2.60. The number of aromatic amines is 1. The summed E-state index contributed by atoms with van der Waals surface area (Å²) < 4.78 is 38.4. The van der Waals surface area contributed by atoms with E-state index in [4.69, 9.17) is 0 Å². The zero-order valence-corrected chi connectivity index (χ0v) is 10.8. The molecule has 3 rings (SSSR count). The molecule has 0 saturated carbocycles. The van der Waals surface area contributed by atoms with E-state index in [0.717, 1.165) is 0 Å². The maximum absolute atomic E-state index is 12.3. The van der Waals surface area contributed by atoms with Crippen molar-refractivity contribution in [3.63, 3.8) is 0 Å². The molecule has 22 heavy (non-hydrogen) atoms. The summed E-state index contributed by atoms with van der Waals surface area (Å²) in [6, 6.07) is 3.33. The van der Waals surface area contributed by atoms with Gasteiger partial charge in [0, 0.05) is 6.20 Å². The summed E-state index contributed by atoms with van der Waals surface area (Å²) in [5.41, 5.74) is 0.637. The number of imidazole rings is 1. The molecule has 0 unspecified atom stereocenters. The second kappa shape index (κ2) is 5.09. The van der Waals surface area contributed by atoms with Gasteiger partial charge in [-0.2, -0.15) is 18.3 Å². The summed E-state index contributed by atoms with van der Waals surface area (Å²) in [4.78, 5) is 19.2. The van der Waals surface area contributed by atoms with E-state index in [1.807, 2.05) is 0 Å². The van der Waals surface area contributed by atoms with Crippen molar-refractivity contribution in [1.29, 1.82) is 0 Å². The molecule has 3 heterocycles. The number of fused-ring (bicyclic) bond motifs is 1. The standard InChI is InChI=1S/C11H8F3N7O/c12-11(13,14)10-18-7(19-20-10)5-16-9(22)6-4-15-8-2-1-3-17-21(6)8/h1-4H,5H2,(H,16,22)(H,18,19,20). The van der Waals surface area contributed by atoms with Crippen LogP contribution in [0, 0.1) is 0 Å². The number of aromatic nitrogens is 6. The number of carbonyl (C=O) groups is 1. The summed E-state index contributed by atoms with van der Waals surface area (Å²) >= 11 is 0. The van der Waals surface area contributed by atoms with E-state index in [1.54, 1.807) is 12.1 Å². The minimum atomic E-state index is -4.63. The summed E-state index contributed by atoms with van der Waals surface area (Å²) in [6.07, 6.45) is -1.83. The second-order valence-corrected chi connectivity index (χ2v) is 4.22. The zero-order chi connectivity index (χ0) is 15.7. The highest BCUT2D eigenvalue weighted by Gasteiger charge is 2.36. The van der Waals surface area contributed by atoms with Gasteiger partial charge in [-0.25, -0.2) is 14.5 Å². The first-order chi connectivity index (χ1) is 10.4. The third-order valence-corrected chi connectivity index (χ3v) is 2.71. The maximum Gasteiger partial charge on any atom is 0.453 e. The lowest BCUT2D eigenvalue weighted by molar-refractivity contribution is -0.144. The number of nitrogens with zero attached hydrogens (tertiary/aromatic N) is 5. The van der Waals surface area contributed by atoms with Crippen LogP contribution in [0.1, 0.15) is 22.1 Å². The van der Waals surface area contributed by atoms with Crippen LogP contribution >= 0.6 is 0 Å². The SMILES string of the molecule is O=C(NCc1nc(C(F)(F)F)n[nH]1)c1cnc2cccnn12. The molecule has 0 aliphatic carbocycles. The minimum absolute atomic E-state index is 0.109. The van der Waals surface area contributed by atoms with Crippen molar-refractivity contribution < 1.29 is 18.0 Å². The van der Waals surface area contributed by atoms with Crippen LogP contribution in [0.5, 0.6) is 0 Å². The molecular formula is C11H8F3N7O. The highest BCUT2D eigenvalue weighted by Crippen LogP contribution is 2.25. The van der Waals surface area contributed by atoms with Crippen molar-refractivity contribution in [2.75, 3.05) is 0 Å². The Morgan fingerprint density at radius 3 is 2.95 bits per heavy atom. The number of carbonyl (C=O) groups excluding carboxylic acids is 1. The molecule has 1 amide bonds. The average Bonchev–Trinajstić information content (AvgIpc) is 3.11. The number of hydrogen-bond acceptors (Lipinski definition) is 5. The number of halogens is 3. The van der Waals surface area contributed by atoms with Crippen molar-refractivity contribution in [3.05, 3.63) is 41.9 Å². The molecule has 3 aromatic heterocycles. The first kappa shape index (κ1) is 14.0. The van der Waals surface area contributed by atoms with E-state index in [1.165, 1.54) is 16.9 Å². The van der Waals surface area contributed by atoms with Crippen molar-refractivity contribution in [2.45, 2.75) is 12.7 Å². The van der Waals surface area contributed by atoms with Gasteiger partial charge in [-0.05, 0) is 12.1 Å². The third-order valence-electron chi connectivity index (χ3n) is 2.71. The van der Waals surface area contributed by atoms with Gasteiger partial charge in [0.1, 0.15) is 11.5 Å². The van der Waals surface area contributed by atoms with Gasteiger partial charge in [0.15, 0.2) is 5.65 Å². The first-order valence-electron chi connectivity index (χ1n) is 6.00. The van der Waals surface area contributed by atoms with Crippen LogP contribution < -0.4 is 5.32 Å². The Morgan fingerprint density at radius 1 is 1.41 bits per heavy atom. The fourth-order valence-electron chi connectivity index (χ4n) is 1.74. The Balaban J connectivity index is 1.71. The second-order valence-electron chi connectivity index (χ2n) is 4.22. The lowest BCUT2D eigenvalue weighted by atomic mass is 10.4. The molecule has 0 fully saturated rings. The molecule has 114 valence electrons. The van der Waals surface area contributed by atoms with Crippen molar-refractivity contribution in [1.82, 2.24) is 35.1 Å². The number of H-pyrrole nitrogens is 1. The molecule has 8 nitrogen and oxygen atoms in total. The van der Waals surface area contributed by atoms with Crippen molar-refractivity contribution in [3.8, 4) is 0 Å². The van der Waals surface area contributed by atoms with Crippen LogP contribution in [-0.4, -0.2) is 35.7 Å². The molecule has 3 aromatic rings. The molecular weight excluding hydrogens is 303 g/mol. The Kier molecular flexibility index (Phi) is 3.23. The number of nitrogens with one attached hydrogen (secondary N) is 2. The topological polar surface area (TPSA) is 101 Å². The molecule has 2 N–H and O–H groups in total. The van der Waals surface area contributed by atoms with Crippen molar-refractivity contribution >= 4 is 11.6 Å². The van der Waals surface area contributed by atoms with Crippen LogP contribution in [0.4, 0.5) is 13.2 Å². The molecule has 0 saturated heterocycles. The molecule has 0 atom stereocenters. The summed E-state index contributed by atoms with van der Waals surface area (Å²) in [5.74, 6) is -1.94. The van der Waals surface area contributed by atoms with Gasteiger partial charge in [0.2, 0.25) is 0 Å². The molecule has 0 spiro atoms. The number of alkyl halides is 3. The summed E-state index contributed by atoms with van der Waals surface area (Å²) in [7, 11) is 0. The fraction of sp³-hybridized carbons (Fsp3) is 0.182. The van der Waals surface area contributed by atoms with Gasteiger partial charge in [-0.3, -0.25) is 9.89 Å². The Bertz CT molecular complexity index is 822. The molecule has 0 radical (unpaired) electrons. The number of hydrogen-bond donors (Lipinski definition) is 2. The van der Waals surface area contributed by atoms with E-state index in [-0.39, 0.29) is 18.1 Å². The fourth-order valence-corrected chi connectivity index (χ4v) is 1.74. The molecule has 0 aromatic carbocycles. The van der Waals surface area contributed by atoms with Crippen LogP contribution in [-0.2, 0) is 12.7 Å². The van der Waals surface area contributed by atoms with Gasteiger partial charge in [-0.1, -0.05) is 0 Å². The first-order valence-corrected chi connectivity index (χ1v) is 6.00. The molecule has 0 bridgehead atoms. The Morgan fingerprint density at radius 2 is 2.23 bits per heavy atom. The van der Waals surface area contributed by atoms with E-state index in [9.17, 15) is 18.0 Å². The summed E-state index contributed by atoms with van der Waals surface area (Å²) in [6.45, 7) is -0.234. The number of rotatable bonds is 3. The molecule has 0 aliphatic rings. The highest BCUT2D eigenvalue weighted by atomic mass is 19.4. The predicted octanol–water partition coefficient (Wildman–Crippen LogP) is 0.796. The lowest BCUT2D eigenvalue weighted by Gasteiger charge is -2.02.